The molecule has 3 heterocycles. The highest BCUT2D eigenvalue weighted by atomic mass is 16.2. The number of pyridine rings is 1. The normalized spacial score (nSPS) is 19.8. The maximum absolute atomic E-state index is 11.5. The Kier molecular flexibility index (Phi) is 3.19. The lowest BCUT2D eigenvalue weighted by Crippen LogP contribution is -2.39. The fourth-order valence-electron chi connectivity index (χ4n) is 2.81. The third kappa shape index (κ3) is 2.45. The van der Waals surface area contributed by atoms with Crippen LogP contribution < -0.4 is 0 Å². The number of fused-ring (bicyclic) bond motifs is 1. The maximum Gasteiger partial charge on any atom is 0.219 e. The van der Waals surface area contributed by atoms with Crippen molar-refractivity contribution in [2.75, 3.05) is 13.1 Å². The third-order valence-corrected chi connectivity index (χ3v) is 3.82. The fraction of sp³-hybridized carbons (Fsp3) is 0.500. The first-order valence-electron chi connectivity index (χ1n) is 6.78. The van der Waals surface area contributed by atoms with Gasteiger partial charge >= 0.3 is 0 Å². The van der Waals surface area contributed by atoms with Gasteiger partial charge in [-0.3, -0.25) is 9.20 Å². The molecule has 0 spiro atoms. The monoisotopic (exact) mass is 258 g/mol. The zero-order valence-electron chi connectivity index (χ0n) is 11.1. The summed E-state index contributed by atoms with van der Waals surface area (Å²) in [5, 5.41) is 8.44. The van der Waals surface area contributed by atoms with E-state index in [2.05, 4.69) is 10.2 Å². The van der Waals surface area contributed by atoms with Crippen LogP contribution in [0.25, 0.3) is 5.65 Å². The summed E-state index contributed by atoms with van der Waals surface area (Å²) in [6, 6.07) is 5.91. The van der Waals surface area contributed by atoms with Gasteiger partial charge in [0.25, 0.3) is 0 Å². The molecule has 100 valence electrons. The number of carbonyl (C=O) groups excluding carboxylic acids is 1. The number of amides is 1. The molecule has 1 saturated heterocycles. The van der Waals surface area contributed by atoms with Gasteiger partial charge in [-0.1, -0.05) is 6.07 Å². The molecule has 3 rings (SSSR count). The van der Waals surface area contributed by atoms with Crippen LogP contribution in [0.15, 0.2) is 24.4 Å². The van der Waals surface area contributed by atoms with Gasteiger partial charge in [0, 0.05) is 32.6 Å². The Morgan fingerprint density at radius 3 is 3.16 bits per heavy atom. The van der Waals surface area contributed by atoms with Crippen molar-refractivity contribution >= 4 is 11.6 Å². The summed E-state index contributed by atoms with van der Waals surface area (Å²) in [4.78, 5) is 13.4. The van der Waals surface area contributed by atoms with Crippen molar-refractivity contribution < 1.29 is 4.79 Å². The molecule has 2 aromatic rings. The molecule has 1 unspecified atom stereocenters. The molecule has 1 aliphatic rings. The minimum Gasteiger partial charge on any atom is -0.343 e. The standard InChI is InChI=1S/C14H18N4O/c1-11(19)17-7-4-5-12(10-17)9-14-16-15-13-6-2-3-8-18(13)14/h2-3,6,8,12H,4-5,7,9-10H2,1H3. The van der Waals surface area contributed by atoms with Gasteiger partial charge in [0.15, 0.2) is 5.65 Å². The number of aromatic nitrogens is 3. The number of carbonyl (C=O) groups is 1. The summed E-state index contributed by atoms with van der Waals surface area (Å²) >= 11 is 0. The second-order valence-electron chi connectivity index (χ2n) is 5.22. The molecule has 19 heavy (non-hydrogen) atoms. The van der Waals surface area contributed by atoms with Crippen LogP contribution >= 0.6 is 0 Å². The number of likely N-dealkylation sites (tertiary alicyclic amines) is 1. The van der Waals surface area contributed by atoms with Crippen LogP contribution in [-0.2, 0) is 11.2 Å². The van der Waals surface area contributed by atoms with Gasteiger partial charge in [0.05, 0.1) is 0 Å². The second kappa shape index (κ2) is 4.99. The van der Waals surface area contributed by atoms with E-state index in [0.29, 0.717) is 5.92 Å². The Bertz CT molecular complexity index is 592. The van der Waals surface area contributed by atoms with Crippen molar-refractivity contribution in [3.63, 3.8) is 0 Å². The Labute approximate surface area is 112 Å². The van der Waals surface area contributed by atoms with Crippen LogP contribution in [0.5, 0.6) is 0 Å². The molecule has 5 heteroatoms. The maximum atomic E-state index is 11.5. The van der Waals surface area contributed by atoms with E-state index in [-0.39, 0.29) is 5.91 Å². The molecule has 0 aromatic carbocycles. The molecule has 2 aromatic heterocycles. The second-order valence-corrected chi connectivity index (χ2v) is 5.22. The van der Waals surface area contributed by atoms with Crippen LogP contribution in [0.3, 0.4) is 0 Å². The number of hydrogen-bond donors (Lipinski definition) is 0. The molecule has 5 nitrogen and oxygen atoms in total. The highest BCUT2D eigenvalue weighted by Crippen LogP contribution is 2.20. The molecule has 0 saturated carbocycles. The van der Waals surface area contributed by atoms with Crippen LogP contribution in [0.2, 0.25) is 0 Å². The number of piperidine rings is 1. The molecule has 1 aliphatic heterocycles. The van der Waals surface area contributed by atoms with Crippen molar-refractivity contribution in [1.29, 1.82) is 0 Å². The fourth-order valence-corrected chi connectivity index (χ4v) is 2.81. The van der Waals surface area contributed by atoms with Gasteiger partial charge in [0.2, 0.25) is 5.91 Å². The first kappa shape index (κ1) is 12.1. The predicted molar refractivity (Wildman–Crippen MR) is 71.7 cm³/mol. The van der Waals surface area contributed by atoms with E-state index in [4.69, 9.17) is 0 Å². The Balaban J connectivity index is 1.76. The van der Waals surface area contributed by atoms with Crippen molar-refractivity contribution in [3.8, 4) is 0 Å². The highest BCUT2D eigenvalue weighted by molar-refractivity contribution is 5.73. The van der Waals surface area contributed by atoms with Crippen LogP contribution in [0, 0.1) is 5.92 Å². The molecular weight excluding hydrogens is 240 g/mol. The van der Waals surface area contributed by atoms with Crippen molar-refractivity contribution in [3.05, 3.63) is 30.2 Å². The number of nitrogens with zero attached hydrogens (tertiary/aromatic N) is 4. The van der Waals surface area contributed by atoms with E-state index in [1.54, 1.807) is 6.92 Å². The van der Waals surface area contributed by atoms with Gasteiger partial charge in [-0.15, -0.1) is 10.2 Å². The number of rotatable bonds is 2. The molecule has 1 amide bonds. The van der Waals surface area contributed by atoms with Crippen molar-refractivity contribution in [2.45, 2.75) is 26.2 Å². The van der Waals surface area contributed by atoms with E-state index in [1.807, 2.05) is 33.7 Å². The average molecular weight is 258 g/mol. The lowest BCUT2D eigenvalue weighted by molar-refractivity contribution is -0.130. The molecule has 0 aliphatic carbocycles. The average Bonchev–Trinajstić information content (AvgIpc) is 2.83. The zero-order valence-corrected chi connectivity index (χ0v) is 11.1. The Hall–Kier alpha value is -1.91. The van der Waals surface area contributed by atoms with Gasteiger partial charge < -0.3 is 4.90 Å². The Morgan fingerprint density at radius 1 is 1.42 bits per heavy atom. The van der Waals surface area contributed by atoms with Crippen molar-refractivity contribution in [1.82, 2.24) is 19.5 Å². The van der Waals surface area contributed by atoms with E-state index in [1.165, 1.54) is 0 Å². The van der Waals surface area contributed by atoms with E-state index in [9.17, 15) is 4.79 Å². The van der Waals surface area contributed by atoms with Gasteiger partial charge in [0.1, 0.15) is 5.82 Å². The summed E-state index contributed by atoms with van der Waals surface area (Å²) in [7, 11) is 0. The van der Waals surface area contributed by atoms with E-state index >= 15 is 0 Å². The smallest absolute Gasteiger partial charge is 0.219 e. The summed E-state index contributed by atoms with van der Waals surface area (Å²) in [5.74, 6) is 1.66. The first-order chi connectivity index (χ1) is 9.24. The van der Waals surface area contributed by atoms with Crippen molar-refractivity contribution in [2.24, 2.45) is 5.92 Å². The molecule has 0 N–H and O–H groups in total. The van der Waals surface area contributed by atoms with Crippen LogP contribution in [0.4, 0.5) is 0 Å². The quantitative estimate of drug-likeness (QED) is 0.821. The molecule has 1 atom stereocenters. The highest BCUT2D eigenvalue weighted by Gasteiger charge is 2.23. The van der Waals surface area contributed by atoms with Gasteiger partial charge in [-0.2, -0.15) is 0 Å². The minimum absolute atomic E-state index is 0.177. The van der Waals surface area contributed by atoms with E-state index in [0.717, 1.165) is 43.8 Å². The third-order valence-electron chi connectivity index (χ3n) is 3.82. The largest absolute Gasteiger partial charge is 0.343 e. The summed E-state index contributed by atoms with van der Waals surface area (Å²) < 4.78 is 2.03. The molecule has 0 bridgehead atoms. The van der Waals surface area contributed by atoms with Gasteiger partial charge in [-0.25, -0.2) is 0 Å². The number of hydrogen-bond acceptors (Lipinski definition) is 3. The van der Waals surface area contributed by atoms with Crippen LogP contribution in [0.1, 0.15) is 25.6 Å². The molecule has 0 radical (unpaired) electrons. The lowest BCUT2D eigenvalue weighted by atomic mass is 9.94. The van der Waals surface area contributed by atoms with Crippen LogP contribution in [-0.4, -0.2) is 38.5 Å². The lowest BCUT2D eigenvalue weighted by Gasteiger charge is -2.31. The Morgan fingerprint density at radius 2 is 2.32 bits per heavy atom. The zero-order chi connectivity index (χ0) is 13.2. The summed E-state index contributed by atoms with van der Waals surface area (Å²) in [6.07, 6.45) is 5.12. The topological polar surface area (TPSA) is 50.5 Å². The summed E-state index contributed by atoms with van der Waals surface area (Å²) in [6.45, 7) is 3.39. The molecule has 1 fully saturated rings. The SMILES string of the molecule is CC(=O)N1CCCC(Cc2nnc3ccccn23)C1. The van der Waals surface area contributed by atoms with E-state index < -0.39 is 0 Å². The van der Waals surface area contributed by atoms with Gasteiger partial charge in [-0.05, 0) is 30.9 Å². The summed E-state index contributed by atoms with van der Waals surface area (Å²) in [5.41, 5.74) is 0.886. The first-order valence-corrected chi connectivity index (χ1v) is 6.78. The predicted octanol–water partition coefficient (Wildman–Crippen LogP) is 1.53. The minimum atomic E-state index is 0.177. The molecular formula is C14H18N4O.